The van der Waals surface area contributed by atoms with Crippen molar-refractivity contribution in [1.29, 1.82) is 0 Å². The lowest BCUT2D eigenvalue weighted by Gasteiger charge is -2.22. The Labute approximate surface area is 377 Å². The fraction of sp³-hybridized carbons (Fsp3) is 0.0492. The zero-order valence-electron chi connectivity index (χ0n) is 36.1. The topological polar surface area (TPSA) is 35.6 Å². The minimum atomic E-state index is -0.115. The van der Waals surface area contributed by atoms with E-state index in [1.807, 2.05) is 6.07 Å². The molecule has 0 spiro atoms. The van der Waals surface area contributed by atoms with Crippen LogP contribution in [0.2, 0.25) is 0 Å². The first kappa shape index (κ1) is 37.2. The van der Waals surface area contributed by atoms with Gasteiger partial charge in [-0.1, -0.05) is 178 Å². The zero-order chi connectivity index (χ0) is 43.2. The fourth-order valence-electron chi connectivity index (χ4n) is 10.6. The van der Waals surface area contributed by atoms with Crippen LogP contribution in [0, 0.1) is 0 Å². The number of nitrogens with zero attached hydrogens (tertiary/aromatic N) is 4. The van der Waals surface area contributed by atoms with Crippen molar-refractivity contribution in [3.8, 4) is 67.5 Å². The van der Waals surface area contributed by atoms with Gasteiger partial charge in [0.1, 0.15) is 0 Å². The number of hydrogen-bond donors (Lipinski definition) is 0. The highest BCUT2D eigenvalue weighted by Gasteiger charge is 2.35. The van der Waals surface area contributed by atoms with Gasteiger partial charge in [-0.2, -0.15) is 0 Å². The zero-order valence-corrected chi connectivity index (χ0v) is 36.1. The van der Waals surface area contributed by atoms with Gasteiger partial charge < -0.3 is 9.13 Å². The standard InChI is InChI=1S/C61H42N4/c1-61(2)52-23-11-6-18-46(52)47-33-32-42(36-53(47)61)55-38-54(62-60(63-55)41-16-4-3-5-17-41)40-30-28-39(29-31-40)43-34-44(64-56-24-12-7-19-48(56)49-20-8-13-25-57(49)64)37-45(35-43)65-58-26-14-9-21-50(58)51-22-10-15-27-59(51)65/h3-38H,1-2H3. The third kappa shape index (κ3) is 5.84. The predicted molar refractivity (Wildman–Crippen MR) is 270 cm³/mol. The van der Waals surface area contributed by atoms with Gasteiger partial charge in [-0.25, -0.2) is 9.97 Å². The Morgan fingerprint density at radius 1 is 0.323 bits per heavy atom. The second-order valence-corrected chi connectivity index (χ2v) is 17.8. The summed E-state index contributed by atoms with van der Waals surface area (Å²) in [5, 5.41) is 4.96. The lowest BCUT2D eigenvalue weighted by Crippen LogP contribution is -2.14. The molecule has 0 bridgehead atoms. The molecule has 12 aromatic rings. The van der Waals surface area contributed by atoms with Gasteiger partial charge in [0.05, 0.1) is 33.5 Å². The smallest absolute Gasteiger partial charge is 0.160 e. The molecule has 0 N–H and O–H groups in total. The van der Waals surface area contributed by atoms with E-state index in [9.17, 15) is 0 Å². The Balaban J connectivity index is 0.973. The first-order valence-electron chi connectivity index (χ1n) is 22.4. The van der Waals surface area contributed by atoms with Crippen molar-refractivity contribution >= 4 is 43.6 Å². The van der Waals surface area contributed by atoms with Crippen LogP contribution in [0.25, 0.3) is 111 Å². The average Bonchev–Trinajstić information content (AvgIpc) is 3.97. The average molecular weight is 831 g/mol. The molecule has 0 amide bonds. The lowest BCUT2D eigenvalue weighted by molar-refractivity contribution is 0.660. The van der Waals surface area contributed by atoms with Crippen LogP contribution in [-0.2, 0) is 5.41 Å². The highest BCUT2D eigenvalue weighted by atomic mass is 15.0. The molecule has 0 unspecified atom stereocenters. The molecule has 3 heterocycles. The molecule has 13 rings (SSSR count). The molecule has 4 heteroatoms. The van der Waals surface area contributed by atoms with Crippen LogP contribution >= 0.6 is 0 Å². The van der Waals surface area contributed by atoms with Crippen LogP contribution < -0.4 is 0 Å². The molecule has 306 valence electrons. The number of aromatic nitrogens is 4. The van der Waals surface area contributed by atoms with Crippen LogP contribution in [0.5, 0.6) is 0 Å². The van der Waals surface area contributed by atoms with Gasteiger partial charge in [0.15, 0.2) is 5.82 Å². The Hall–Kier alpha value is -8.34. The Morgan fingerprint density at radius 2 is 0.769 bits per heavy atom. The summed E-state index contributed by atoms with van der Waals surface area (Å²) in [6, 6.07) is 79.0. The van der Waals surface area contributed by atoms with Crippen molar-refractivity contribution in [2.45, 2.75) is 19.3 Å². The van der Waals surface area contributed by atoms with E-state index in [0.29, 0.717) is 5.82 Å². The van der Waals surface area contributed by atoms with Crippen molar-refractivity contribution in [2.24, 2.45) is 0 Å². The largest absolute Gasteiger partial charge is 0.309 e. The Morgan fingerprint density at radius 3 is 1.34 bits per heavy atom. The van der Waals surface area contributed by atoms with E-state index in [-0.39, 0.29) is 5.41 Å². The quantitative estimate of drug-likeness (QED) is 0.167. The summed E-state index contributed by atoms with van der Waals surface area (Å²) in [5.74, 6) is 0.708. The molecule has 4 nitrogen and oxygen atoms in total. The molecule has 1 aliphatic carbocycles. The van der Waals surface area contributed by atoms with Gasteiger partial charge in [-0.05, 0) is 88.0 Å². The van der Waals surface area contributed by atoms with E-state index >= 15 is 0 Å². The van der Waals surface area contributed by atoms with Crippen LogP contribution in [0.3, 0.4) is 0 Å². The molecule has 0 saturated heterocycles. The molecule has 0 radical (unpaired) electrons. The molecular weight excluding hydrogens is 789 g/mol. The van der Waals surface area contributed by atoms with Crippen LogP contribution in [0.15, 0.2) is 218 Å². The number of para-hydroxylation sites is 4. The molecule has 0 saturated carbocycles. The second kappa shape index (κ2) is 14.3. The molecule has 9 aromatic carbocycles. The maximum absolute atomic E-state index is 5.23. The van der Waals surface area contributed by atoms with Gasteiger partial charge in [-0.3, -0.25) is 0 Å². The minimum absolute atomic E-state index is 0.115. The maximum Gasteiger partial charge on any atom is 0.160 e. The summed E-state index contributed by atoms with van der Waals surface area (Å²) in [6.45, 7) is 4.66. The maximum atomic E-state index is 5.23. The lowest BCUT2D eigenvalue weighted by atomic mass is 9.82. The molecule has 0 aliphatic heterocycles. The minimum Gasteiger partial charge on any atom is -0.309 e. The van der Waals surface area contributed by atoms with E-state index in [1.54, 1.807) is 0 Å². The fourth-order valence-corrected chi connectivity index (χ4v) is 10.6. The molecule has 3 aromatic heterocycles. The van der Waals surface area contributed by atoms with Crippen LogP contribution in [-0.4, -0.2) is 19.1 Å². The summed E-state index contributed by atoms with van der Waals surface area (Å²) in [5.41, 5.74) is 19.3. The van der Waals surface area contributed by atoms with Crippen molar-refractivity contribution < 1.29 is 0 Å². The molecular formula is C61H42N4. The number of hydrogen-bond acceptors (Lipinski definition) is 2. The first-order valence-corrected chi connectivity index (χ1v) is 22.4. The van der Waals surface area contributed by atoms with E-state index in [2.05, 4.69) is 235 Å². The molecule has 1 aliphatic rings. The predicted octanol–water partition coefficient (Wildman–Crippen LogP) is 15.6. The molecule has 0 fully saturated rings. The summed E-state index contributed by atoms with van der Waals surface area (Å²) < 4.78 is 4.85. The summed E-state index contributed by atoms with van der Waals surface area (Å²) in [4.78, 5) is 10.5. The van der Waals surface area contributed by atoms with Crippen molar-refractivity contribution in [2.75, 3.05) is 0 Å². The van der Waals surface area contributed by atoms with Crippen molar-refractivity contribution in [3.63, 3.8) is 0 Å². The van der Waals surface area contributed by atoms with E-state index in [0.717, 1.165) is 50.6 Å². The summed E-state index contributed by atoms with van der Waals surface area (Å²) in [7, 11) is 0. The van der Waals surface area contributed by atoms with Crippen molar-refractivity contribution in [3.05, 3.63) is 230 Å². The highest BCUT2D eigenvalue weighted by molar-refractivity contribution is 6.10. The third-order valence-electron chi connectivity index (χ3n) is 13.7. The summed E-state index contributed by atoms with van der Waals surface area (Å²) >= 11 is 0. The third-order valence-corrected chi connectivity index (χ3v) is 13.7. The monoisotopic (exact) mass is 830 g/mol. The van der Waals surface area contributed by atoms with E-state index in [1.165, 1.54) is 65.9 Å². The van der Waals surface area contributed by atoms with Gasteiger partial charge >= 0.3 is 0 Å². The number of fused-ring (bicyclic) bond motifs is 9. The number of benzene rings is 9. The Bertz CT molecular complexity index is 3610. The van der Waals surface area contributed by atoms with Crippen LogP contribution in [0.1, 0.15) is 25.0 Å². The second-order valence-electron chi connectivity index (χ2n) is 17.8. The highest BCUT2D eigenvalue weighted by Crippen LogP contribution is 2.49. The normalized spacial score (nSPS) is 12.9. The van der Waals surface area contributed by atoms with Gasteiger partial charge in [0.25, 0.3) is 0 Å². The van der Waals surface area contributed by atoms with E-state index < -0.39 is 0 Å². The van der Waals surface area contributed by atoms with Crippen molar-refractivity contribution in [1.82, 2.24) is 19.1 Å². The van der Waals surface area contributed by atoms with E-state index in [4.69, 9.17) is 9.97 Å². The summed E-state index contributed by atoms with van der Waals surface area (Å²) in [6.07, 6.45) is 0. The molecule has 0 atom stereocenters. The first-order chi connectivity index (χ1) is 32.0. The van der Waals surface area contributed by atoms with Crippen LogP contribution in [0.4, 0.5) is 0 Å². The molecule has 65 heavy (non-hydrogen) atoms. The van der Waals surface area contributed by atoms with Gasteiger partial charge in [0, 0.05) is 55.0 Å². The van der Waals surface area contributed by atoms with Gasteiger partial charge in [0.2, 0.25) is 0 Å². The SMILES string of the molecule is CC1(C)c2ccccc2-c2ccc(-c3cc(-c4ccc(-c5cc(-n6c7ccccc7c7ccccc76)cc(-n6c7ccccc7c7ccccc76)c5)cc4)nc(-c4ccccc4)n3)cc21. The number of rotatable bonds is 6. The van der Waals surface area contributed by atoms with Gasteiger partial charge in [-0.15, -0.1) is 0 Å². The Kier molecular flexibility index (Phi) is 8.22.